The van der Waals surface area contributed by atoms with Gasteiger partial charge in [0.15, 0.2) is 0 Å². The van der Waals surface area contributed by atoms with Gasteiger partial charge in [-0.2, -0.15) is 0 Å². The number of amides is 1. The first kappa shape index (κ1) is 19.0. The topological polar surface area (TPSA) is 55.8 Å². The third-order valence-corrected chi connectivity index (χ3v) is 3.61. The molecule has 0 N–H and O–H groups in total. The number of likely N-dealkylation sites (N-methyl/N-ethyl adjacent to an activating group) is 1. The molecule has 23 heavy (non-hydrogen) atoms. The van der Waals surface area contributed by atoms with Crippen LogP contribution in [0.25, 0.3) is 0 Å². The van der Waals surface area contributed by atoms with Gasteiger partial charge in [-0.1, -0.05) is 12.1 Å². The van der Waals surface area contributed by atoms with Crippen LogP contribution in [0.4, 0.5) is 0 Å². The van der Waals surface area contributed by atoms with Gasteiger partial charge < -0.3 is 14.4 Å². The van der Waals surface area contributed by atoms with Crippen LogP contribution in [0.2, 0.25) is 0 Å². The van der Waals surface area contributed by atoms with Crippen molar-refractivity contribution in [3.8, 4) is 5.75 Å². The molecule has 1 amide bonds. The zero-order valence-electron chi connectivity index (χ0n) is 14.9. The second kappa shape index (κ2) is 7.99. The van der Waals surface area contributed by atoms with E-state index >= 15 is 0 Å². The molecule has 128 valence electrons. The number of hydrogen-bond acceptors (Lipinski definition) is 4. The van der Waals surface area contributed by atoms with Gasteiger partial charge in [-0.3, -0.25) is 4.79 Å². The standard InChI is InChI=1S/C18H27NO4/c1-7-22-17(21)18(4,5)19(6)16(20)12-14-9-8-10-15(11-14)23-13(2)3/h8-11,13H,7,12H2,1-6H3. The molecule has 0 bridgehead atoms. The van der Waals surface area contributed by atoms with E-state index in [0.29, 0.717) is 6.61 Å². The van der Waals surface area contributed by atoms with Crippen molar-refractivity contribution < 1.29 is 19.1 Å². The summed E-state index contributed by atoms with van der Waals surface area (Å²) in [5, 5.41) is 0. The second-order valence-corrected chi connectivity index (χ2v) is 6.22. The molecule has 0 spiro atoms. The fourth-order valence-electron chi connectivity index (χ4n) is 2.05. The maximum absolute atomic E-state index is 12.5. The smallest absolute Gasteiger partial charge is 0.331 e. The molecule has 1 rings (SSSR count). The van der Waals surface area contributed by atoms with Gasteiger partial charge in [-0.25, -0.2) is 4.79 Å². The Morgan fingerprint density at radius 2 is 1.91 bits per heavy atom. The van der Waals surface area contributed by atoms with Crippen molar-refractivity contribution in [2.24, 2.45) is 0 Å². The minimum atomic E-state index is -1.00. The Balaban J connectivity index is 2.80. The molecule has 0 aliphatic rings. The highest BCUT2D eigenvalue weighted by Crippen LogP contribution is 2.19. The number of nitrogens with zero attached hydrogens (tertiary/aromatic N) is 1. The molecule has 5 heteroatoms. The summed E-state index contributed by atoms with van der Waals surface area (Å²) in [5.74, 6) is 0.176. The summed E-state index contributed by atoms with van der Waals surface area (Å²) < 4.78 is 10.7. The lowest BCUT2D eigenvalue weighted by Gasteiger charge is -2.33. The van der Waals surface area contributed by atoms with Crippen molar-refractivity contribution in [1.82, 2.24) is 4.90 Å². The van der Waals surface area contributed by atoms with E-state index in [1.807, 2.05) is 38.1 Å². The molecule has 0 saturated heterocycles. The SMILES string of the molecule is CCOC(=O)C(C)(C)N(C)C(=O)Cc1cccc(OC(C)C)c1. The first-order valence-corrected chi connectivity index (χ1v) is 7.88. The normalized spacial score (nSPS) is 11.3. The predicted octanol–water partition coefficient (Wildman–Crippen LogP) is 2.82. The van der Waals surface area contributed by atoms with Crippen LogP contribution in [0.5, 0.6) is 5.75 Å². The van der Waals surface area contributed by atoms with Crippen LogP contribution in [-0.4, -0.2) is 42.1 Å². The summed E-state index contributed by atoms with van der Waals surface area (Å²) in [6.45, 7) is 9.30. The van der Waals surface area contributed by atoms with Gasteiger partial charge in [-0.05, 0) is 52.3 Å². The van der Waals surface area contributed by atoms with Crippen LogP contribution in [0.3, 0.4) is 0 Å². The fourth-order valence-corrected chi connectivity index (χ4v) is 2.05. The number of esters is 1. The number of carbonyl (C=O) groups is 2. The highest BCUT2D eigenvalue weighted by Gasteiger charge is 2.36. The van der Waals surface area contributed by atoms with Crippen LogP contribution in [0, 0.1) is 0 Å². The number of rotatable bonds is 7. The summed E-state index contributed by atoms with van der Waals surface area (Å²) in [6.07, 6.45) is 0.278. The molecule has 0 aliphatic heterocycles. The maximum Gasteiger partial charge on any atom is 0.331 e. The number of hydrogen-bond donors (Lipinski definition) is 0. The van der Waals surface area contributed by atoms with E-state index in [1.165, 1.54) is 4.90 Å². The summed E-state index contributed by atoms with van der Waals surface area (Å²) in [5.41, 5.74) is -0.154. The van der Waals surface area contributed by atoms with E-state index in [-0.39, 0.29) is 18.4 Å². The van der Waals surface area contributed by atoms with E-state index in [4.69, 9.17) is 9.47 Å². The predicted molar refractivity (Wildman–Crippen MR) is 89.4 cm³/mol. The Morgan fingerprint density at radius 1 is 1.26 bits per heavy atom. The largest absolute Gasteiger partial charge is 0.491 e. The third kappa shape index (κ3) is 5.27. The minimum Gasteiger partial charge on any atom is -0.491 e. The number of carbonyl (C=O) groups excluding carboxylic acids is 2. The van der Waals surface area contributed by atoms with E-state index in [0.717, 1.165) is 11.3 Å². The molecule has 1 aromatic carbocycles. The molecular formula is C18H27NO4. The molecule has 0 atom stereocenters. The first-order chi connectivity index (χ1) is 10.7. The lowest BCUT2D eigenvalue weighted by molar-refractivity contribution is -0.160. The highest BCUT2D eigenvalue weighted by molar-refractivity contribution is 5.88. The molecule has 0 fully saturated rings. The minimum absolute atomic E-state index is 0.0753. The van der Waals surface area contributed by atoms with E-state index in [2.05, 4.69) is 0 Å². The first-order valence-electron chi connectivity index (χ1n) is 7.88. The quantitative estimate of drug-likeness (QED) is 0.725. The second-order valence-electron chi connectivity index (χ2n) is 6.22. The van der Waals surface area contributed by atoms with Crippen molar-refractivity contribution in [2.75, 3.05) is 13.7 Å². The summed E-state index contributed by atoms with van der Waals surface area (Å²) in [4.78, 5) is 25.9. The fraction of sp³-hybridized carbons (Fsp3) is 0.556. The molecule has 0 radical (unpaired) electrons. The van der Waals surface area contributed by atoms with E-state index in [9.17, 15) is 9.59 Å². The lowest BCUT2D eigenvalue weighted by Crippen LogP contribution is -2.52. The molecule has 0 aromatic heterocycles. The van der Waals surface area contributed by atoms with Gasteiger partial charge >= 0.3 is 5.97 Å². The van der Waals surface area contributed by atoms with Gasteiger partial charge in [0.05, 0.1) is 19.1 Å². The van der Waals surface area contributed by atoms with Crippen molar-refractivity contribution in [2.45, 2.75) is 52.7 Å². The lowest BCUT2D eigenvalue weighted by atomic mass is 10.0. The van der Waals surface area contributed by atoms with Crippen LogP contribution in [0.15, 0.2) is 24.3 Å². The van der Waals surface area contributed by atoms with E-state index < -0.39 is 11.5 Å². The third-order valence-electron chi connectivity index (χ3n) is 3.61. The maximum atomic E-state index is 12.5. The zero-order valence-corrected chi connectivity index (χ0v) is 14.9. The van der Waals surface area contributed by atoms with E-state index in [1.54, 1.807) is 27.8 Å². The Bertz CT molecular complexity index is 552. The summed E-state index contributed by atoms with van der Waals surface area (Å²) in [6, 6.07) is 7.44. The molecule has 0 heterocycles. The van der Waals surface area contributed by atoms with Gasteiger partial charge in [-0.15, -0.1) is 0 Å². The average Bonchev–Trinajstić information content (AvgIpc) is 2.46. The average molecular weight is 321 g/mol. The molecule has 5 nitrogen and oxygen atoms in total. The Labute approximate surface area is 138 Å². The number of ether oxygens (including phenoxy) is 2. The number of benzene rings is 1. The van der Waals surface area contributed by atoms with Crippen LogP contribution in [-0.2, 0) is 20.7 Å². The van der Waals surface area contributed by atoms with Gasteiger partial charge in [0.1, 0.15) is 11.3 Å². The van der Waals surface area contributed by atoms with Crippen molar-refractivity contribution >= 4 is 11.9 Å². The van der Waals surface area contributed by atoms with Gasteiger partial charge in [0.25, 0.3) is 0 Å². The van der Waals surface area contributed by atoms with Crippen molar-refractivity contribution in [3.05, 3.63) is 29.8 Å². The van der Waals surface area contributed by atoms with Crippen molar-refractivity contribution in [1.29, 1.82) is 0 Å². The summed E-state index contributed by atoms with van der Waals surface area (Å²) >= 11 is 0. The molecular weight excluding hydrogens is 294 g/mol. The monoisotopic (exact) mass is 321 g/mol. The summed E-state index contributed by atoms with van der Waals surface area (Å²) in [7, 11) is 1.62. The van der Waals surface area contributed by atoms with Crippen LogP contribution < -0.4 is 4.74 Å². The molecule has 0 unspecified atom stereocenters. The van der Waals surface area contributed by atoms with Gasteiger partial charge in [0.2, 0.25) is 5.91 Å². The Kier molecular flexibility index (Phi) is 6.61. The molecule has 1 aromatic rings. The van der Waals surface area contributed by atoms with Crippen LogP contribution >= 0.6 is 0 Å². The van der Waals surface area contributed by atoms with Crippen LogP contribution in [0.1, 0.15) is 40.2 Å². The Hall–Kier alpha value is -2.04. The van der Waals surface area contributed by atoms with Gasteiger partial charge in [0, 0.05) is 7.05 Å². The zero-order chi connectivity index (χ0) is 17.6. The van der Waals surface area contributed by atoms with Crippen molar-refractivity contribution in [3.63, 3.8) is 0 Å². The highest BCUT2D eigenvalue weighted by atomic mass is 16.5. The molecule has 0 aliphatic carbocycles. The Morgan fingerprint density at radius 3 is 2.48 bits per heavy atom. The molecule has 0 saturated carbocycles.